The highest BCUT2D eigenvalue weighted by atomic mass is 16.6. The first-order valence-electron chi connectivity index (χ1n) is 15.2. The fourth-order valence-corrected chi connectivity index (χ4v) is 6.42. The van der Waals surface area contributed by atoms with Crippen LogP contribution in [0.5, 0.6) is 11.5 Å². The number of aromatic nitrogens is 1. The molecule has 1 saturated heterocycles. The first-order chi connectivity index (χ1) is 20.6. The Morgan fingerprint density at radius 3 is 2.62 bits per heavy atom. The molecule has 2 aliphatic rings. The molecule has 7 nitrogen and oxygen atoms in total. The van der Waals surface area contributed by atoms with E-state index in [1.54, 1.807) is 7.11 Å². The zero-order valence-electron chi connectivity index (χ0n) is 24.5. The zero-order chi connectivity index (χ0) is 28.9. The van der Waals surface area contributed by atoms with E-state index in [9.17, 15) is 4.79 Å². The van der Waals surface area contributed by atoms with Crippen LogP contribution in [-0.2, 0) is 22.5 Å². The molecule has 42 heavy (non-hydrogen) atoms. The highest BCUT2D eigenvalue weighted by Crippen LogP contribution is 2.35. The van der Waals surface area contributed by atoms with E-state index in [0.29, 0.717) is 32.0 Å². The summed E-state index contributed by atoms with van der Waals surface area (Å²) in [5.74, 6) is 2.06. The van der Waals surface area contributed by atoms with Gasteiger partial charge in [-0.2, -0.15) is 0 Å². The number of para-hydroxylation sites is 1. The molecule has 1 aromatic heterocycles. The molecule has 2 aliphatic heterocycles. The second kappa shape index (κ2) is 13.0. The minimum Gasteiger partial charge on any atom is -0.486 e. The van der Waals surface area contributed by atoms with Crippen LogP contribution in [0, 0.1) is 0 Å². The van der Waals surface area contributed by atoms with E-state index in [0.717, 1.165) is 73.7 Å². The van der Waals surface area contributed by atoms with Crippen LogP contribution in [0.3, 0.4) is 0 Å². The molecule has 220 valence electrons. The molecule has 0 saturated carbocycles. The lowest BCUT2D eigenvalue weighted by molar-refractivity contribution is -0.132. The highest BCUT2D eigenvalue weighted by molar-refractivity contribution is 5.82. The van der Waals surface area contributed by atoms with E-state index in [1.165, 1.54) is 16.6 Å². The molecular formula is C35H41N3O4. The predicted molar refractivity (Wildman–Crippen MR) is 166 cm³/mol. The van der Waals surface area contributed by atoms with Crippen LogP contribution in [-0.4, -0.2) is 61.4 Å². The van der Waals surface area contributed by atoms with Crippen molar-refractivity contribution in [3.8, 4) is 22.6 Å². The van der Waals surface area contributed by atoms with Crippen LogP contribution < -0.4 is 15.2 Å². The monoisotopic (exact) mass is 567 g/mol. The summed E-state index contributed by atoms with van der Waals surface area (Å²) >= 11 is 0. The number of nitrogens with zero attached hydrogens (tertiary/aromatic N) is 2. The van der Waals surface area contributed by atoms with Crippen molar-refractivity contribution in [1.82, 2.24) is 9.47 Å². The molecule has 2 unspecified atom stereocenters. The lowest BCUT2D eigenvalue weighted by Gasteiger charge is -2.34. The third-order valence-electron chi connectivity index (χ3n) is 8.53. The molecule has 4 aromatic rings. The Morgan fingerprint density at radius 2 is 1.79 bits per heavy atom. The van der Waals surface area contributed by atoms with Crippen molar-refractivity contribution >= 4 is 16.8 Å². The molecule has 0 spiro atoms. The molecule has 0 aliphatic carbocycles. The average molecular weight is 568 g/mol. The smallest absolute Gasteiger partial charge is 0.224 e. The fraction of sp³-hybridized carbons (Fsp3) is 0.400. The quantitative estimate of drug-likeness (QED) is 0.246. The van der Waals surface area contributed by atoms with Gasteiger partial charge in [-0.25, -0.2) is 0 Å². The molecule has 0 radical (unpaired) electrons. The van der Waals surface area contributed by atoms with Gasteiger partial charge in [0.1, 0.15) is 13.2 Å². The first-order valence-corrected chi connectivity index (χ1v) is 15.2. The number of carbonyl (C=O) groups is 1. The number of likely N-dealkylation sites (tertiary alicyclic amines) is 1. The SMILES string of the molecule is COCCCn1c(C2CCCN(C(=O)CC(N)Cc3ccc(-c4ccc5c(c4)OCCO5)cc3)C2)cc2ccccc21. The molecule has 3 heterocycles. The normalized spacial score (nSPS) is 17.4. The molecule has 2 atom stereocenters. The van der Waals surface area contributed by atoms with Crippen molar-refractivity contribution in [2.24, 2.45) is 5.73 Å². The Kier molecular flexibility index (Phi) is 8.77. The highest BCUT2D eigenvalue weighted by Gasteiger charge is 2.28. The van der Waals surface area contributed by atoms with E-state index in [-0.39, 0.29) is 11.9 Å². The second-order valence-electron chi connectivity index (χ2n) is 11.5. The number of methoxy groups -OCH3 is 1. The second-order valence-corrected chi connectivity index (χ2v) is 11.5. The summed E-state index contributed by atoms with van der Waals surface area (Å²) in [7, 11) is 1.75. The number of hydrogen-bond acceptors (Lipinski definition) is 5. The van der Waals surface area contributed by atoms with E-state index in [4.69, 9.17) is 19.9 Å². The summed E-state index contributed by atoms with van der Waals surface area (Å²) in [6.45, 7) is 4.36. The third kappa shape index (κ3) is 6.32. The number of nitrogens with two attached hydrogens (primary N) is 1. The Bertz CT molecular complexity index is 1510. The molecular weight excluding hydrogens is 526 g/mol. The van der Waals surface area contributed by atoms with Gasteiger partial charge in [0, 0.05) is 62.9 Å². The third-order valence-corrected chi connectivity index (χ3v) is 8.53. The van der Waals surface area contributed by atoms with Crippen molar-refractivity contribution in [2.75, 3.05) is 40.0 Å². The van der Waals surface area contributed by atoms with Gasteiger partial charge in [0.05, 0.1) is 0 Å². The Balaban J connectivity index is 1.07. The van der Waals surface area contributed by atoms with Gasteiger partial charge in [-0.1, -0.05) is 48.5 Å². The summed E-state index contributed by atoms with van der Waals surface area (Å²) in [5.41, 5.74) is 12.4. The lowest BCUT2D eigenvalue weighted by atomic mass is 9.93. The largest absolute Gasteiger partial charge is 0.486 e. The molecule has 7 heteroatoms. The van der Waals surface area contributed by atoms with Gasteiger partial charge < -0.3 is 29.4 Å². The standard InChI is InChI=1S/C35H41N3O4/c1-40-17-5-16-38-31-8-3-2-6-28(31)21-32(38)29-7-4-15-37(24-29)35(39)23-30(36)20-25-9-11-26(12-10-25)27-13-14-33-34(22-27)42-19-18-41-33/h2-3,6,8-14,21-22,29-30H,4-5,7,15-20,23-24,36H2,1H3. The predicted octanol–water partition coefficient (Wildman–Crippen LogP) is 5.78. The number of aryl methyl sites for hydroxylation is 1. The van der Waals surface area contributed by atoms with Gasteiger partial charge in [-0.15, -0.1) is 0 Å². The van der Waals surface area contributed by atoms with Crippen LogP contribution in [0.25, 0.3) is 22.0 Å². The Hall–Kier alpha value is -3.81. The van der Waals surface area contributed by atoms with Crippen LogP contribution in [0.2, 0.25) is 0 Å². The zero-order valence-corrected chi connectivity index (χ0v) is 24.5. The van der Waals surface area contributed by atoms with Crippen molar-refractivity contribution in [3.05, 3.63) is 84.1 Å². The summed E-state index contributed by atoms with van der Waals surface area (Å²) in [6.07, 6.45) is 4.08. The number of rotatable bonds is 10. The van der Waals surface area contributed by atoms with E-state index >= 15 is 0 Å². The summed E-state index contributed by atoms with van der Waals surface area (Å²) < 4.78 is 19.1. The Labute approximate surface area is 248 Å². The number of carbonyl (C=O) groups excluding carboxylic acids is 1. The fourth-order valence-electron chi connectivity index (χ4n) is 6.42. The van der Waals surface area contributed by atoms with Gasteiger partial charge in [-0.05, 0) is 72.0 Å². The van der Waals surface area contributed by atoms with Gasteiger partial charge in [0.15, 0.2) is 11.5 Å². The number of fused-ring (bicyclic) bond motifs is 2. The molecule has 1 fully saturated rings. The van der Waals surface area contributed by atoms with E-state index in [2.05, 4.69) is 65.2 Å². The summed E-state index contributed by atoms with van der Waals surface area (Å²) in [6, 6.07) is 25.1. The maximum absolute atomic E-state index is 13.4. The minimum atomic E-state index is -0.224. The maximum Gasteiger partial charge on any atom is 0.224 e. The van der Waals surface area contributed by atoms with E-state index in [1.807, 2.05) is 17.0 Å². The molecule has 0 bridgehead atoms. The van der Waals surface area contributed by atoms with Crippen molar-refractivity contribution in [1.29, 1.82) is 0 Å². The van der Waals surface area contributed by atoms with Crippen molar-refractivity contribution in [3.63, 3.8) is 0 Å². The molecule has 2 N–H and O–H groups in total. The molecule has 3 aromatic carbocycles. The van der Waals surface area contributed by atoms with Crippen LogP contribution in [0.15, 0.2) is 72.8 Å². The average Bonchev–Trinajstić information content (AvgIpc) is 3.40. The molecule has 6 rings (SSSR count). The van der Waals surface area contributed by atoms with E-state index < -0.39 is 0 Å². The van der Waals surface area contributed by atoms with Gasteiger partial charge in [-0.3, -0.25) is 4.79 Å². The minimum absolute atomic E-state index is 0.155. The number of amides is 1. The number of ether oxygens (including phenoxy) is 3. The topological polar surface area (TPSA) is 79.0 Å². The Morgan fingerprint density at radius 1 is 1.00 bits per heavy atom. The maximum atomic E-state index is 13.4. The van der Waals surface area contributed by atoms with Gasteiger partial charge in [0.25, 0.3) is 0 Å². The van der Waals surface area contributed by atoms with Crippen LogP contribution in [0.4, 0.5) is 0 Å². The lowest BCUT2D eigenvalue weighted by Crippen LogP contribution is -2.42. The van der Waals surface area contributed by atoms with Gasteiger partial charge >= 0.3 is 0 Å². The van der Waals surface area contributed by atoms with Gasteiger partial charge in [0.2, 0.25) is 5.91 Å². The summed E-state index contributed by atoms with van der Waals surface area (Å²) in [5, 5.41) is 1.26. The van der Waals surface area contributed by atoms with Crippen molar-refractivity contribution < 1.29 is 19.0 Å². The van der Waals surface area contributed by atoms with Crippen LogP contribution >= 0.6 is 0 Å². The first kappa shape index (κ1) is 28.3. The van der Waals surface area contributed by atoms with Crippen molar-refractivity contribution in [2.45, 2.75) is 50.6 Å². The molecule has 1 amide bonds. The number of piperidine rings is 1. The number of hydrogen-bond donors (Lipinski definition) is 1. The van der Waals surface area contributed by atoms with Crippen LogP contribution in [0.1, 0.15) is 42.9 Å². The number of benzene rings is 3. The summed E-state index contributed by atoms with van der Waals surface area (Å²) in [4.78, 5) is 15.4.